The first kappa shape index (κ1) is 14.5. The monoisotopic (exact) mass is 235 g/mol. The molecule has 0 aromatic rings. The Bertz CT molecular complexity index is 231. The Kier molecular flexibility index (Phi) is 7.27. The molecule has 1 fully saturated rings. The lowest BCUT2D eigenvalue weighted by Crippen LogP contribution is -2.33. The molecule has 2 rings (SSSR count). The van der Waals surface area contributed by atoms with Crippen molar-refractivity contribution in [3.8, 4) is 0 Å². The van der Waals surface area contributed by atoms with Gasteiger partial charge in [0.2, 0.25) is 0 Å². The Balaban J connectivity index is 0.000000317. The molecule has 0 aromatic carbocycles. The molecule has 1 aliphatic heterocycles. The van der Waals surface area contributed by atoms with Crippen LogP contribution in [-0.4, -0.2) is 24.5 Å². The SMILES string of the molecule is C1=CCC(CN2CCCCC2)C=C1.CC(C)C. The molecule has 1 atom stereocenters. The van der Waals surface area contributed by atoms with Gasteiger partial charge in [-0.05, 0) is 44.2 Å². The molecule has 0 bridgehead atoms. The van der Waals surface area contributed by atoms with E-state index in [0.717, 1.165) is 11.8 Å². The number of hydrogen-bond acceptors (Lipinski definition) is 1. The van der Waals surface area contributed by atoms with Gasteiger partial charge in [0.05, 0.1) is 0 Å². The molecule has 98 valence electrons. The summed E-state index contributed by atoms with van der Waals surface area (Å²) in [4.78, 5) is 2.62. The Hall–Kier alpha value is -0.560. The predicted molar refractivity (Wildman–Crippen MR) is 77.2 cm³/mol. The normalized spacial score (nSPS) is 24.6. The fourth-order valence-electron chi connectivity index (χ4n) is 2.24. The Morgan fingerprint density at radius 3 is 2.24 bits per heavy atom. The van der Waals surface area contributed by atoms with E-state index < -0.39 is 0 Å². The van der Waals surface area contributed by atoms with Crippen LogP contribution in [0.25, 0.3) is 0 Å². The zero-order valence-corrected chi connectivity index (χ0v) is 11.9. The van der Waals surface area contributed by atoms with E-state index >= 15 is 0 Å². The van der Waals surface area contributed by atoms with Gasteiger partial charge in [-0.15, -0.1) is 0 Å². The van der Waals surface area contributed by atoms with Crippen molar-refractivity contribution in [2.24, 2.45) is 11.8 Å². The van der Waals surface area contributed by atoms with Crippen LogP contribution >= 0.6 is 0 Å². The van der Waals surface area contributed by atoms with Crippen molar-refractivity contribution >= 4 is 0 Å². The first-order valence-electron chi connectivity index (χ1n) is 7.24. The summed E-state index contributed by atoms with van der Waals surface area (Å²) in [7, 11) is 0. The highest BCUT2D eigenvalue weighted by atomic mass is 15.1. The molecule has 1 heteroatoms. The molecule has 0 amide bonds. The molecule has 0 saturated carbocycles. The highest BCUT2D eigenvalue weighted by Crippen LogP contribution is 2.16. The third kappa shape index (κ3) is 7.38. The quantitative estimate of drug-likeness (QED) is 0.691. The van der Waals surface area contributed by atoms with E-state index in [1.54, 1.807) is 0 Å². The second-order valence-corrected chi connectivity index (χ2v) is 5.90. The molecule has 1 saturated heterocycles. The van der Waals surface area contributed by atoms with E-state index in [-0.39, 0.29) is 0 Å². The summed E-state index contributed by atoms with van der Waals surface area (Å²) in [6.07, 6.45) is 14.5. The molecular formula is C16H29N. The summed E-state index contributed by atoms with van der Waals surface area (Å²) in [5.41, 5.74) is 0. The largest absolute Gasteiger partial charge is 0.303 e. The summed E-state index contributed by atoms with van der Waals surface area (Å²) < 4.78 is 0. The summed E-state index contributed by atoms with van der Waals surface area (Å²) in [5.74, 6) is 1.61. The van der Waals surface area contributed by atoms with Gasteiger partial charge in [0.1, 0.15) is 0 Å². The molecule has 1 heterocycles. The predicted octanol–water partition coefficient (Wildman–Crippen LogP) is 4.27. The highest BCUT2D eigenvalue weighted by Gasteiger charge is 2.14. The van der Waals surface area contributed by atoms with E-state index in [9.17, 15) is 0 Å². The number of nitrogens with zero attached hydrogens (tertiary/aromatic N) is 1. The zero-order chi connectivity index (χ0) is 12.5. The highest BCUT2D eigenvalue weighted by molar-refractivity contribution is 5.11. The van der Waals surface area contributed by atoms with Crippen LogP contribution in [0.2, 0.25) is 0 Å². The van der Waals surface area contributed by atoms with Crippen LogP contribution in [0.15, 0.2) is 24.3 Å². The third-order valence-corrected chi connectivity index (χ3v) is 3.01. The molecule has 2 aliphatic rings. The zero-order valence-electron chi connectivity index (χ0n) is 11.9. The van der Waals surface area contributed by atoms with Crippen molar-refractivity contribution in [2.45, 2.75) is 46.5 Å². The fourth-order valence-corrected chi connectivity index (χ4v) is 2.24. The average Bonchev–Trinajstić information content (AvgIpc) is 2.31. The Morgan fingerprint density at radius 1 is 1.06 bits per heavy atom. The maximum absolute atomic E-state index is 2.62. The van der Waals surface area contributed by atoms with Crippen molar-refractivity contribution in [1.29, 1.82) is 0 Å². The van der Waals surface area contributed by atoms with Crippen molar-refractivity contribution < 1.29 is 0 Å². The topological polar surface area (TPSA) is 3.24 Å². The summed E-state index contributed by atoms with van der Waals surface area (Å²) in [5, 5.41) is 0. The van der Waals surface area contributed by atoms with E-state index in [1.165, 1.54) is 45.3 Å². The molecule has 0 N–H and O–H groups in total. The van der Waals surface area contributed by atoms with Crippen molar-refractivity contribution in [2.75, 3.05) is 19.6 Å². The van der Waals surface area contributed by atoms with Crippen LogP contribution in [0.3, 0.4) is 0 Å². The number of likely N-dealkylation sites (tertiary alicyclic amines) is 1. The van der Waals surface area contributed by atoms with E-state index in [2.05, 4.69) is 50.0 Å². The third-order valence-electron chi connectivity index (χ3n) is 3.01. The Labute approximate surface area is 108 Å². The van der Waals surface area contributed by atoms with Gasteiger partial charge in [0, 0.05) is 6.54 Å². The van der Waals surface area contributed by atoms with Gasteiger partial charge in [-0.25, -0.2) is 0 Å². The van der Waals surface area contributed by atoms with Crippen LogP contribution in [0.4, 0.5) is 0 Å². The van der Waals surface area contributed by atoms with Crippen molar-refractivity contribution in [1.82, 2.24) is 4.90 Å². The van der Waals surface area contributed by atoms with Crippen LogP contribution < -0.4 is 0 Å². The van der Waals surface area contributed by atoms with Crippen LogP contribution in [0, 0.1) is 11.8 Å². The fraction of sp³-hybridized carbons (Fsp3) is 0.750. The van der Waals surface area contributed by atoms with Crippen molar-refractivity contribution in [3.63, 3.8) is 0 Å². The lowest BCUT2D eigenvalue weighted by molar-refractivity contribution is 0.209. The molecule has 0 aromatic heterocycles. The number of hydrogen-bond donors (Lipinski definition) is 0. The van der Waals surface area contributed by atoms with Gasteiger partial charge < -0.3 is 4.90 Å². The number of rotatable bonds is 2. The van der Waals surface area contributed by atoms with E-state index in [4.69, 9.17) is 0 Å². The minimum atomic E-state index is 0.781. The van der Waals surface area contributed by atoms with Gasteiger partial charge >= 0.3 is 0 Å². The second-order valence-electron chi connectivity index (χ2n) is 5.90. The van der Waals surface area contributed by atoms with Gasteiger partial charge in [-0.2, -0.15) is 0 Å². The van der Waals surface area contributed by atoms with E-state index in [0.29, 0.717) is 0 Å². The standard InChI is InChI=1S/C12H19N.C4H10/c1-3-7-12(8-4-1)11-13-9-5-2-6-10-13;1-4(2)3/h1,3-4,7,12H,2,5-6,8-11H2;4H,1-3H3. The van der Waals surface area contributed by atoms with Crippen LogP contribution in [0.1, 0.15) is 46.5 Å². The molecule has 1 unspecified atom stereocenters. The van der Waals surface area contributed by atoms with Gasteiger partial charge in [0.25, 0.3) is 0 Å². The van der Waals surface area contributed by atoms with Gasteiger partial charge in [-0.3, -0.25) is 0 Å². The number of piperidine rings is 1. The minimum absolute atomic E-state index is 0.781. The van der Waals surface area contributed by atoms with Gasteiger partial charge in [-0.1, -0.05) is 51.5 Å². The average molecular weight is 235 g/mol. The van der Waals surface area contributed by atoms with Gasteiger partial charge in [0.15, 0.2) is 0 Å². The number of allylic oxidation sites excluding steroid dienone is 3. The Morgan fingerprint density at radius 2 is 1.71 bits per heavy atom. The second kappa shape index (κ2) is 8.52. The lowest BCUT2D eigenvalue weighted by Gasteiger charge is -2.29. The maximum atomic E-state index is 2.62. The first-order chi connectivity index (χ1) is 8.18. The first-order valence-corrected chi connectivity index (χ1v) is 7.24. The lowest BCUT2D eigenvalue weighted by atomic mass is 9.99. The smallest absolute Gasteiger partial charge is 0.00474 e. The summed E-state index contributed by atoms with van der Waals surface area (Å²) in [6, 6.07) is 0. The molecule has 1 aliphatic carbocycles. The summed E-state index contributed by atoms with van der Waals surface area (Å²) in [6.45, 7) is 10.4. The van der Waals surface area contributed by atoms with Crippen LogP contribution in [0.5, 0.6) is 0 Å². The van der Waals surface area contributed by atoms with E-state index in [1.807, 2.05) is 0 Å². The summed E-state index contributed by atoms with van der Waals surface area (Å²) >= 11 is 0. The maximum Gasteiger partial charge on any atom is 0.00474 e. The molecule has 17 heavy (non-hydrogen) atoms. The molecule has 0 spiro atoms. The minimum Gasteiger partial charge on any atom is -0.303 e. The van der Waals surface area contributed by atoms with Crippen molar-refractivity contribution in [3.05, 3.63) is 24.3 Å². The molecular weight excluding hydrogens is 206 g/mol. The van der Waals surface area contributed by atoms with Crippen LogP contribution in [-0.2, 0) is 0 Å². The molecule has 1 nitrogen and oxygen atoms in total. The molecule has 0 radical (unpaired) electrons.